The molecule has 1 aliphatic rings. The molecule has 0 radical (unpaired) electrons. The third-order valence-electron chi connectivity index (χ3n) is 3.47. The summed E-state index contributed by atoms with van der Waals surface area (Å²) < 4.78 is 11.5. The van der Waals surface area contributed by atoms with Crippen molar-refractivity contribution in [2.24, 2.45) is 0 Å². The van der Waals surface area contributed by atoms with Crippen LogP contribution < -0.4 is 20.1 Å². The molecular formula is C16H16N2O4S. The second-order valence-corrected chi connectivity index (χ2v) is 5.96. The van der Waals surface area contributed by atoms with Gasteiger partial charge in [-0.15, -0.1) is 11.3 Å². The molecule has 1 aromatic carbocycles. The van der Waals surface area contributed by atoms with Crippen molar-refractivity contribution in [3.8, 4) is 11.5 Å². The Balaban J connectivity index is 1.77. The number of fused-ring (bicyclic) bond motifs is 1. The molecule has 120 valence electrons. The Labute approximate surface area is 137 Å². The molecule has 3 rings (SSSR count). The number of carbonyl (C=O) groups is 2. The molecule has 0 saturated carbocycles. The fourth-order valence-corrected chi connectivity index (χ4v) is 3.10. The molecular weight excluding hydrogens is 316 g/mol. The average Bonchev–Trinajstić information content (AvgIpc) is 3.01. The first-order chi connectivity index (χ1) is 11.1. The van der Waals surface area contributed by atoms with Crippen molar-refractivity contribution < 1.29 is 19.1 Å². The third kappa shape index (κ3) is 3.00. The fourth-order valence-electron chi connectivity index (χ4n) is 2.31. The zero-order valence-electron chi connectivity index (χ0n) is 12.7. The van der Waals surface area contributed by atoms with Crippen molar-refractivity contribution in [2.45, 2.75) is 19.1 Å². The molecule has 0 saturated heterocycles. The van der Waals surface area contributed by atoms with E-state index in [2.05, 4.69) is 10.6 Å². The summed E-state index contributed by atoms with van der Waals surface area (Å²) in [5, 5.41) is 7.53. The van der Waals surface area contributed by atoms with E-state index in [9.17, 15) is 9.59 Å². The van der Waals surface area contributed by atoms with Gasteiger partial charge in [0.2, 0.25) is 6.10 Å². The molecule has 2 atom stereocenters. The Morgan fingerprint density at radius 1 is 1.13 bits per heavy atom. The second kappa shape index (κ2) is 6.29. The molecule has 2 N–H and O–H groups in total. The predicted molar refractivity (Wildman–Crippen MR) is 87.3 cm³/mol. The summed E-state index contributed by atoms with van der Waals surface area (Å²) in [6, 6.07) is 8.87. The first-order valence-corrected chi connectivity index (χ1v) is 8.01. The highest BCUT2D eigenvalue weighted by Gasteiger charge is 2.34. The Morgan fingerprint density at radius 3 is 2.52 bits per heavy atom. The summed E-state index contributed by atoms with van der Waals surface area (Å²) in [4.78, 5) is 24.3. The molecule has 2 amide bonds. The molecule has 2 aromatic rings. The van der Waals surface area contributed by atoms with Crippen molar-refractivity contribution in [3.05, 3.63) is 41.3 Å². The molecule has 7 heteroatoms. The van der Waals surface area contributed by atoms with Crippen molar-refractivity contribution in [2.75, 3.05) is 12.4 Å². The van der Waals surface area contributed by atoms with Crippen LogP contribution in [0.5, 0.6) is 11.5 Å². The van der Waals surface area contributed by atoms with Gasteiger partial charge < -0.3 is 20.1 Å². The van der Waals surface area contributed by atoms with Crippen LogP contribution in [0.2, 0.25) is 0 Å². The van der Waals surface area contributed by atoms with Gasteiger partial charge in [-0.05, 0) is 30.5 Å². The first kappa shape index (κ1) is 15.4. The van der Waals surface area contributed by atoms with Gasteiger partial charge in [-0.3, -0.25) is 9.59 Å². The number of carbonyl (C=O) groups excluding carboxylic acids is 2. The van der Waals surface area contributed by atoms with Crippen LogP contribution in [0.4, 0.5) is 5.00 Å². The number of amides is 2. The van der Waals surface area contributed by atoms with Crippen molar-refractivity contribution in [3.63, 3.8) is 0 Å². The maximum atomic E-state index is 12.5. The number of benzene rings is 1. The smallest absolute Gasteiger partial charge is 0.269 e. The van der Waals surface area contributed by atoms with E-state index in [1.165, 1.54) is 11.3 Å². The monoisotopic (exact) mass is 332 g/mol. The van der Waals surface area contributed by atoms with E-state index < -0.39 is 12.2 Å². The highest BCUT2D eigenvalue weighted by Crippen LogP contribution is 2.34. The molecule has 2 heterocycles. The van der Waals surface area contributed by atoms with Gasteiger partial charge in [0.1, 0.15) is 11.1 Å². The molecule has 1 aliphatic heterocycles. The number of hydrogen-bond acceptors (Lipinski definition) is 5. The summed E-state index contributed by atoms with van der Waals surface area (Å²) in [7, 11) is 1.54. The number of hydrogen-bond donors (Lipinski definition) is 2. The van der Waals surface area contributed by atoms with Crippen molar-refractivity contribution in [1.29, 1.82) is 0 Å². The van der Waals surface area contributed by atoms with Crippen molar-refractivity contribution in [1.82, 2.24) is 5.32 Å². The summed E-state index contributed by atoms with van der Waals surface area (Å²) in [5.41, 5.74) is 0.427. The summed E-state index contributed by atoms with van der Waals surface area (Å²) in [5.74, 6) is 0.551. The summed E-state index contributed by atoms with van der Waals surface area (Å²) in [6.07, 6.45) is -1.22. The zero-order valence-corrected chi connectivity index (χ0v) is 13.5. The van der Waals surface area contributed by atoms with E-state index in [0.717, 1.165) is 0 Å². The summed E-state index contributed by atoms with van der Waals surface area (Å²) in [6.45, 7) is 1.77. The number of nitrogens with one attached hydrogen (secondary N) is 2. The lowest BCUT2D eigenvalue weighted by atomic mass is 10.1. The van der Waals surface area contributed by atoms with E-state index in [-0.39, 0.29) is 11.8 Å². The van der Waals surface area contributed by atoms with Gasteiger partial charge in [0, 0.05) is 7.05 Å². The van der Waals surface area contributed by atoms with Gasteiger partial charge >= 0.3 is 0 Å². The number of thiophene rings is 1. The molecule has 6 nitrogen and oxygen atoms in total. The average molecular weight is 332 g/mol. The van der Waals surface area contributed by atoms with Gasteiger partial charge in [0.05, 0.1) is 5.56 Å². The highest BCUT2D eigenvalue weighted by atomic mass is 32.1. The van der Waals surface area contributed by atoms with Gasteiger partial charge in [-0.2, -0.15) is 0 Å². The molecule has 0 aliphatic carbocycles. The fraction of sp³-hybridized carbons (Fsp3) is 0.250. The second-order valence-electron chi connectivity index (χ2n) is 5.04. The molecule has 0 spiro atoms. The quantitative estimate of drug-likeness (QED) is 0.904. The summed E-state index contributed by atoms with van der Waals surface area (Å²) >= 11 is 1.28. The van der Waals surface area contributed by atoms with E-state index in [1.54, 1.807) is 37.6 Å². The standard InChI is InChI=1S/C16H16N2O4S/c1-9-13(22-12-6-4-3-5-11(12)21-9)15(20)18-16-10(7-8-23-16)14(19)17-2/h3-9,13H,1-2H3,(H,17,19)(H,18,20). The van der Waals surface area contributed by atoms with Crippen LogP contribution in [-0.4, -0.2) is 31.1 Å². The zero-order chi connectivity index (χ0) is 16.4. The lowest BCUT2D eigenvalue weighted by molar-refractivity contribution is -0.127. The molecule has 2 unspecified atom stereocenters. The molecule has 23 heavy (non-hydrogen) atoms. The highest BCUT2D eigenvalue weighted by molar-refractivity contribution is 7.14. The van der Waals surface area contributed by atoms with E-state index in [4.69, 9.17) is 9.47 Å². The topological polar surface area (TPSA) is 76.7 Å². The minimum atomic E-state index is -0.787. The Hall–Kier alpha value is -2.54. The van der Waals surface area contributed by atoms with E-state index >= 15 is 0 Å². The predicted octanol–water partition coefficient (Wildman–Crippen LogP) is 2.27. The van der Waals surface area contributed by atoms with E-state index in [0.29, 0.717) is 22.1 Å². The SMILES string of the molecule is CNC(=O)c1ccsc1NC(=O)C1Oc2ccccc2OC1C. The third-order valence-corrected chi connectivity index (χ3v) is 4.30. The minimum Gasteiger partial charge on any atom is -0.482 e. The maximum absolute atomic E-state index is 12.5. The van der Waals surface area contributed by atoms with Gasteiger partial charge in [-0.1, -0.05) is 12.1 Å². The van der Waals surface area contributed by atoms with Gasteiger partial charge in [-0.25, -0.2) is 0 Å². The van der Waals surface area contributed by atoms with Crippen molar-refractivity contribution >= 4 is 28.2 Å². The maximum Gasteiger partial charge on any atom is 0.269 e. The van der Waals surface area contributed by atoms with Crippen LogP contribution in [0.1, 0.15) is 17.3 Å². The normalized spacial score (nSPS) is 19.0. The number of para-hydroxylation sites is 2. The first-order valence-electron chi connectivity index (χ1n) is 7.13. The van der Waals surface area contributed by atoms with Gasteiger partial charge in [0.25, 0.3) is 11.8 Å². The van der Waals surface area contributed by atoms with Crippen LogP contribution >= 0.6 is 11.3 Å². The van der Waals surface area contributed by atoms with Crippen LogP contribution in [0.25, 0.3) is 0 Å². The van der Waals surface area contributed by atoms with Crippen LogP contribution in [-0.2, 0) is 4.79 Å². The van der Waals surface area contributed by atoms with E-state index in [1.807, 2.05) is 12.1 Å². The molecule has 0 fully saturated rings. The lowest BCUT2D eigenvalue weighted by Gasteiger charge is -2.30. The number of ether oxygens (including phenoxy) is 2. The van der Waals surface area contributed by atoms with Crippen LogP contribution in [0, 0.1) is 0 Å². The van der Waals surface area contributed by atoms with Crippen LogP contribution in [0.3, 0.4) is 0 Å². The number of anilines is 1. The molecule has 1 aromatic heterocycles. The number of rotatable bonds is 3. The Kier molecular flexibility index (Phi) is 4.20. The largest absolute Gasteiger partial charge is 0.482 e. The van der Waals surface area contributed by atoms with Crippen LogP contribution in [0.15, 0.2) is 35.7 Å². The van der Waals surface area contributed by atoms with Gasteiger partial charge in [0.15, 0.2) is 11.5 Å². The Bertz CT molecular complexity index is 743. The minimum absolute atomic E-state index is 0.249. The molecule has 0 bridgehead atoms. The lowest BCUT2D eigenvalue weighted by Crippen LogP contribution is -2.46. The Morgan fingerprint density at radius 2 is 1.83 bits per heavy atom.